The van der Waals surface area contributed by atoms with Gasteiger partial charge in [0.2, 0.25) is 0 Å². The highest BCUT2D eigenvalue weighted by molar-refractivity contribution is 6.03. The Labute approximate surface area is 161 Å². The number of nitrogens with one attached hydrogen (secondary N) is 1. The van der Waals surface area contributed by atoms with Crippen LogP contribution in [0.4, 0.5) is 23.2 Å². The van der Waals surface area contributed by atoms with Gasteiger partial charge in [-0.05, 0) is 42.5 Å². The standard InChI is InChI=1S/C20H12F4N4O/c21-13-8-6-12(7-9-13)15-10-17(20(22,23)24)28-18(26-15)11-16(27-28)19(29)25-14-4-2-1-3-5-14/h1-11H,(H,25,29). The second-order valence-electron chi connectivity index (χ2n) is 6.15. The first-order valence-corrected chi connectivity index (χ1v) is 8.41. The van der Waals surface area contributed by atoms with E-state index in [0.717, 1.165) is 18.2 Å². The van der Waals surface area contributed by atoms with Gasteiger partial charge in [0.25, 0.3) is 5.91 Å². The van der Waals surface area contributed by atoms with E-state index in [4.69, 9.17) is 0 Å². The van der Waals surface area contributed by atoms with Gasteiger partial charge < -0.3 is 5.32 Å². The number of fused-ring (bicyclic) bond motifs is 1. The number of benzene rings is 2. The van der Waals surface area contributed by atoms with Crippen molar-refractivity contribution in [3.63, 3.8) is 0 Å². The SMILES string of the molecule is O=C(Nc1ccccc1)c1cc2nc(-c3ccc(F)cc3)cc(C(F)(F)F)n2n1. The van der Waals surface area contributed by atoms with Gasteiger partial charge in [-0.2, -0.15) is 18.3 Å². The molecule has 0 bridgehead atoms. The maximum Gasteiger partial charge on any atom is 0.433 e. The third-order valence-corrected chi connectivity index (χ3v) is 4.12. The zero-order valence-electron chi connectivity index (χ0n) is 14.6. The van der Waals surface area contributed by atoms with Crippen LogP contribution in [0.3, 0.4) is 0 Å². The average molecular weight is 400 g/mol. The molecule has 0 aliphatic carbocycles. The molecular weight excluding hydrogens is 388 g/mol. The molecule has 0 saturated heterocycles. The Kier molecular flexibility index (Phi) is 4.50. The largest absolute Gasteiger partial charge is 0.433 e. The Hall–Kier alpha value is -3.75. The minimum absolute atomic E-state index is 0.0141. The van der Waals surface area contributed by atoms with Crippen molar-refractivity contribution in [2.75, 3.05) is 5.32 Å². The number of hydrogen-bond acceptors (Lipinski definition) is 3. The number of carbonyl (C=O) groups is 1. The Morgan fingerprint density at radius 1 is 0.966 bits per heavy atom. The number of para-hydroxylation sites is 1. The summed E-state index contributed by atoms with van der Waals surface area (Å²) in [5.74, 6) is -1.19. The highest BCUT2D eigenvalue weighted by Crippen LogP contribution is 2.32. The Morgan fingerprint density at radius 3 is 2.31 bits per heavy atom. The van der Waals surface area contributed by atoms with Crippen LogP contribution in [0.15, 0.2) is 66.7 Å². The van der Waals surface area contributed by atoms with Crippen LogP contribution in [-0.4, -0.2) is 20.5 Å². The predicted octanol–water partition coefficient (Wildman–Crippen LogP) is 4.81. The van der Waals surface area contributed by atoms with Crippen LogP contribution in [0, 0.1) is 5.82 Å². The first-order valence-electron chi connectivity index (χ1n) is 8.41. The molecule has 2 aromatic heterocycles. The molecule has 1 N–H and O–H groups in total. The molecule has 0 unspecified atom stereocenters. The van der Waals surface area contributed by atoms with Gasteiger partial charge in [0.15, 0.2) is 17.0 Å². The lowest BCUT2D eigenvalue weighted by atomic mass is 10.1. The van der Waals surface area contributed by atoms with Gasteiger partial charge in [0.05, 0.1) is 5.69 Å². The Bertz CT molecular complexity index is 1190. The summed E-state index contributed by atoms with van der Waals surface area (Å²) in [6.45, 7) is 0. The number of halogens is 4. The molecule has 1 amide bonds. The molecule has 2 heterocycles. The minimum atomic E-state index is -4.74. The summed E-state index contributed by atoms with van der Waals surface area (Å²) in [5.41, 5.74) is -0.706. The summed E-state index contributed by atoms with van der Waals surface area (Å²) < 4.78 is 54.5. The third-order valence-electron chi connectivity index (χ3n) is 4.12. The highest BCUT2D eigenvalue weighted by atomic mass is 19.4. The summed E-state index contributed by atoms with van der Waals surface area (Å²) in [4.78, 5) is 16.6. The fraction of sp³-hybridized carbons (Fsp3) is 0.0500. The molecule has 0 saturated carbocycles. The van der Waals surface area contributed by atoms with E-state index in [1.165, 1.54) is 18.2 Å². The van der Waals surface area contributed by atoms with E-state index in [9.17, 15) is 22.4 Å². The van der Waals surface area contributed by atoms with Crippen molar-refractivity contribution in [2.45, 2.75) is 6.18 Å². The van der Waals surface area contributed by atoms with Gasteiger partial charge in [0, 0.05) is 17.3 Å². The molecule has 9 heteroatoms. The van der Waals surface area contributed by atoms with E-state index in [1.807, 2.05) is 0 Å². The summed E-state index contributed by atoms with van der Waals surface area (Å²) in [5, 5.41) is 6.35. The number of amides is 1. The van der Waals surface area contributed by atoms with Crippen molar-refractivity contribution in [1.82, 2.24) is 14.6 Å². The van der Waals surface area contributed by atoms with Gasteiger partial charge in [-0.1, -0.05) is 18.2 Å². The zero-order valence-corrected chi connectivity index (χ0v) is 14.6. The van der Waals surface area contributed by atoms with Gasteiger partial charge in [0.1, 0.15) is 5.82 Å². The van der Waals surface area contributed by atoms with Crippen LogP contribution in [-0.2, 0) is 6.18 Å². The van der Waals surface area contributed by atoms with Crippen molar-refractivity contribution >= 4 is 17.2 Å². The van der Waals surface area contributed by atoms with Gasteiger partial charge in [-0.15, -0.1) is 0 Å². The molecule has 0 fully saturated rings. The molecule has 4 aromatic rings. The molecule has 4 rings (SSSR count). The summed E-state index contributed by atoms with van der Waals surface area (Å²) in [6.07, 6.45) is -4.74. The van der Waals surface area contributed by atoms with Crippen LogP contribution >= 0.6 is 0 Å². The average Bonchev–Trinajstić information content (AvgIpc) is 3.12. The highest BCUT2D eigenvalue weighted by Gasteiger charge is 2.35. The summed E-state index contributed by atoms with van der Waals surface area (Å²) >= 11 is 0. The van der Waals surface area contributed by atoms with E-state index >= 15 is 0 Å². The van der Waals surface area contributed by atoms with Crippen LogP contribution < -0.4 is 5.32 Å². The molecule has 0 aliphatic rings. The fourth-order valence-electron chi connectivity index (χ4n) is 2.77. The molecular formula is C20H12F4N4O. The fourth-order valence-corrected chi connectivity index (χ4v) is 2.77. The van der Waals surface area contributed by atoms with E-state index < -0.39 is 23.6 Å². The van der Waals surface area contributed by atoms with E-state index in [1.54, 1.807) is 30.3 Å². The van der Waals surface area contributed by atoms with E-state index in [2.05, 4.69) is 15.4 Å². The monoisotopic (exact) mass is 400 g/mol. The number of nitrogens with zero attached hydrogens (tertiary/aromatic N) is 3. The first-order chi connectivity index (χ1) is 13.8. The maximum atomic E-state index is 13.6. The van der Waals surface area contributed by atoms with E-state index in [0.29, 0.717) is 15.8 Å². The van der Waals surface area contributed by atoms with Crippen molar-refractivity contribution in [1.29, 1.82) is 0 Å². The normalized spacial score (nSPS) is 11.6. The summed E-state index contributed by atoms with van der Waals surface area (Å²) in [7, 11) is 0. The number of rotatable bonds is 3. The molecule has 146 valence electrons. The molecule has 29 heavy (non-hydrogen) atoms. The molecule has 0 aliphatic heterocycles. The van der Waals surface area contributed by atoms with Crippen molar-refractivity contribution in [3.05, 3.63) is 83.9 Å². The quantitative estimate of drug-likeness (QED) is 0.503. The van der Waals surface area contributed by atoms with Crippen LogP contribution in [0.5, 0.6) is 0 Å². The van der Waals surface area contributed by atoms with Crippen LogP contribution in [0.2, 0.25) is 0 Å². The van der Waals surface area contributed by atoms with Crippen LogP contribution in [0.1, 0.15) is 16.2 Å². The second-order valence-corrected chi connectivity index (χ2v) is 6.15. The number of aromatic nitrogens is 3. The summed E-state index contributed by atoms with van der Waals surface area (Å²) in [6, 6.07) is 15.3. The number of alkyl halides is 3. The molecule has 0 radical (unpaired) electrons. The second kappa shape index (κ2) is 7.01. The minimum Gasteiger partial charge on any atom is -0.321 e. The predicted molar refractivity (Wildman–Crippen MR) is 97.8 cm³/mol. The lowest BCUT2D eigenvalue weighted by molar-refractivity contribution is -0.142. The van der Waals surface area contributed by atoms with Gasteiger partial charge in [-0.25, -0.2) is 13.9 Å². The first kappa shape index (κ1) is 18.6. The topological polar surface area (TPSA) is 59.3 Å². The zero-order chi connectivity index (χ0) is 20.6. The number of hydrogen-bond donors (Lipinski definition) is 1. The van der Waals surface area contributed by atoms with Gasteiger partial charge >= 0.3 is 6.18 Å². The van der Waals surface area contributed by atoms with Crippen LogP contribution in [0.25, 0.3) is 16.9 Å². The Morgan fingerprint density at radius 2 is 1.66 bits per heavy atom. The molecule has 5 nitrogen and oxygen atoms in total. The molecule has 2 aromatic carbocycles. The number of anilines is 1. The van der Waals surface area contributed by atoms with Crippen molar-refractivity contribution in [2.24, 2.45) is 0 Å². The van der Waals surface area contributed by atoms with Crippen molar-refractivity contribution < 1.29 is 22.4 Å². The van der Waals surface area contributed by atoms with Crippen molar-refractivity contribution in [3.8, 4) is 11.3 Å². The molecule has 0 spiro atoms. The molecule has 0 atom stereocenters. The third kappa shape index (κ3) is 3.79. The smallest absolute Gasteiger partial charge is 0.321 e. The van der Waals surface area contributed by atoms with Gasteiger partial charge in [-0.3, -0.25) is 4.79 Å². The maximum absolute atomic E-state index is 13.6. The number of carbonyl (C=O) groups excluding carboxylic acids is 1. The Balaban J connectivity index is 1.80. The lowest BCUT2D eigenvalue weighted by Crippen LogP contribution is -2.15. The van der Waals surface area contributed by atoms with E-state index in [-0.39, 0.29) is 17.0 Å². The lowest BCUT2D eigenvalue weighted by Gasteiger charge is -2.11.